The lowest BCUT2D eigenvalue weighted by Crippen LogP contribution is -2.21. The minimum Gasteiger partial charge on any atom is -0.508 e. The van der Waals surface area contributed by atoms with Crippen molar-refractivity contribution in [2.45, 2.75) is 32.5 Å². The number of phenols is 2. The predicted molar refractivity (Wildman–Crippen MR) is 84.7 cm³/mol. The van der Waals surface area contributed by atoms with Gasteiger partial charge in [-0.2, -0.15) is 0 Å². The lowest BCUT2D eigenvalue weighted by atomic mass is 9.79. The summed E-state index contributed by atoms with van der Waals surface area (Å²) in [6, 6.07) is 8.73. The lowest BCUT2D eigenvalue weighted by molar-refractivity contribution is 0.0859. The number of carbonyl (C=O) groups is 1. The molecule has 1 heterocycles. The highest BCUT2D eigenvalue weighted by Gasteiger charge is 2.35. The summed E-state index contributed by atoms with van der Waals surface area (Å²) in [6.45, 7) is 2.34. The summed E-state index contributed by atoms with van der Waals surface area (Å²) in [6.07, 6.45) is 0.807. The highest BCUT2D eigenvalue weighted by molar-refractivity contribution is 6.01. The monoisotopic (exact) mass is 310 g/mol. The summed E-state index contributed by atoms with van der Waals surface area (Å²) in [5.41, 5.74) is 3.66. The quantitative estimate of drug-likeness (QED) is 0.846. The number of ketones is 1. The van der Waals surface area contributed by atoms with Crippen LogP contribution in [0.25, 0.3) is 0 Å². The Morgan fingerprint density at radius 1 is 1.09 bits per heavy atom. The maximum atomic E-state index is 12.6. The molecule has 0 saturated heterocycles. The molecule has 4 rings (SSSR count). The number of hydrogen-bond acceptors (Lipinski definition) is 4. The van der Waals surface area contributed by atoms with E-state index in [1.165, 1.54) is 0 Å². The van der Waals surface area contributed by atoms with Gasteiger partial charge in [-0.3, -0.25) is 4.79 Å². The Morgan fingerprint density at radius 3 is 2.74 bits per heavy atom. The molecule has 0 fully saturated rings. The molecule has 0 unspecified atom stereocenters. The molecule has 0 radical (unpaired) electrons. The van der Waals surface area contributed by atoms with Gasteiger partial charge in [0, 0.05) is 23.1 Å². The molecule has 1 aliphatic carbocycles. The van der Waals surface area contributed by atoms with E-state index in [0.717, 1.165) is 23.1 Å². The van der Waals surface area contributed by atoms with Crippen LogP contribution in [-0.2, 0) is 17.8 Å². The van der Waals surface area contributed by atoms with Crippen molar-refractivity contribution < 1.29 is 19.7 Å². The first-order valence-electron chi connectivity index (χ1n) is 7.86. The fraction of sp³-hybridized carbons (Fsp3) is 0.316. The van der Waals surface area contributed by atoms with Crippen LogP contribution in [-0.4, -0.2) is 16.0 Å². The van der Waals surface area contributed by atoms with Crippen molar-refractivity contribution in [2.24, 2.45) is 5.92 Å². The van der Waals surface area contributed by atoms with Gasteiger partial charge in [-0.15, -0.1) is 0 Å². The Kier molecular flexibility index (Phi) is 3.16. The molecule has 0 spiro atoms. The molecule has 2 atom stereocenters. The molecule has 2 N–H and O–H groups in total. The van der Waals surface area contributed by atoms with Gasteiger partial charge in [-0.25, -0.2) is 0 Å². The first-order valence-corrected chi connectivity index (χ1v) is 7.86. The fourth-order valence-electron chi connectivity index (χ4n) is 3.77. The second-order valence-corrected chi connectivity index (χ2v) is 6.51. The van der Waals surface area contributed by atoms with E-state index in [2.05, 4.69) is 6.92 Å². The van der Waals surface area contributed by atoms with Gasteiger partial charge in [0.25, 0.3) is 0 Å². The lowest BCUT2D eigenvalue weighted by Gasteiger charge is -2.25. The standard InChI is InChI=1S/C19H18O4/c1-10-7-11-5-6-15(21)18(17(11)16(22)8-10)19-12-3-2-4-14(20)13(12)9-23-19/h2-6,10,19-21H,7-9H2,1H3/t10-,19-/m0/s1. The van der Waals surface area contributed by atoms with E-state index in [1.54, 1.807) is 18.2 Å². The predicted octanol–water partition coefficient (Wildman–Crippen LogP) is 3.48. The largest absolute Gasteiger partial charge is 0.508 e. The van der Waals surface area contributed by atoms with Gasteiger partial charge in [0.05, 0.1) is 6.61 Å². The molecule has 0 bridgehead atoms. The van der Waals surface area contributed by atoms with E-state index in [1.807, 2.05) is 12.1 Å². The maximum Gasteiger partial charge on any atom is 0.163 e. The van der Waals surface area contributed by atoms with Crippen LogP contribution in [0.1, 0.15) is 52.1 Å². The number of benzene rings is 2. The van der Waals surface area contributed by atoms with Crippen molar-refractivity contribution in [3.05, 3.63) is 58.1 Å². The first kappa shape index (κ1) is 14.3. The zero-order valence-corrected chi connectivity index (χ0v) is 12.9. The number of Topliss-reactive ketones (excluding diaryl/α,β-unsaturated/α-hetero) is 1. The van der Waals surface area contributed by atoms with Gasteiger partial charge >= 0.3 is 0 Å². The van der Waals surface area contributed by atoms with Crippen LogP contribution in [0.4, 0.5) is 0 Å². The Bertz CT molecular complexity index is 809. The Labute approximate surface area is 134 Å². The Morgan fingerprint density at radius 2 is 1.91 bits per heavy atom. The van der Waals surface area contributed by atoms with Crippen molar-refractivity contribution in [3.8, 4) is 11.5 Å². The third kappa shape index (κ3) is 2.13. The van der Waals surface area contributed by atoms with E-state index in [0.29, 0.717) is 23.5 Å². The molecule has 1 aliphatic heterocycles. The second kappa shape index (κ2) is 5.10. The molecule has 0 saturated carbocycles. The number of rotatable bonds is 1. The van der Waals surface area contributed by atoms with Crippen molar-refractivity contribution in [3.63, 3.8) is 0 Å². The summed E-state index contributed by atoms with van der Waals surface area (Å²) in [7, 11) is 0. The van der Waals surface area contributed by atoms with Crippen LogP contribution < -0.4 is 0 Å². The number of carbonyl (C=O) groups excluding carboxylic acids is 1. The summed E-state index contributed by atoms with van der Waals surface area (Å²) < 4.78 is 5.84. The molecule has 118 valence electrons. The van der Waals surface area contributed by atoms with Crippen LogP contribution in [0.3, 0.4) is 0 Å². The topological polar surface area (TPSA) is 66.8 Å². The molecule has 0 aromatic heterocycles. The number of fused-ring (bicyclic) bond motifs is 2. The van der Waals surface area contributed by atoms with Crippen LogP contribution in [0, 0.1) is 5.92 Å². The minimum atomic E-state index is -0.510. The molecule has 0 amide bonds. The van der Waals surface area contributed by atoms with Crippen LogP contribution in [0.2, 0.25) is 0 Å². The average molecular weight is 310 g/mol. The number of hydrogen-bond donors (Lipinski definition) is 2. The van der Waals surface area contributed by atoms with Gasteiger partial charge in [0.15, 0.2) is 5.78 Å². The van der Waals surface area contributed by atoms with E-state index < -0.39 is 6.10 Å². The summed E-state index contributed by atoms with van der Waals surface area (Å²) in [4.78, 5) is 12.6. The second-order valence-electron chi connectivity index (χ2n) is 6.51. The van der Waals surface area contributed by atoms with Crippen LogP contribution in [0.5, 0.6) is 11.5 Å². The van der Waals surface area contributed by atoms with Gasteiger partial charge in [0.2, 0.25) is 0 Å². The van der Waals surface area contributed by atoms with Gasteiger partial charge in [-0.05, 0) is 35.6 Å². The number of ether oxygens (including phenoxy) is 1. The molecule has 2 aliphatic rings. The maximum absolute atomic E-state index is 12.6. The zero-order chi connectivity index (χ0) is 16.1. The third-order valence-corrected chi connectivity index (χ3v) is 4.82. The first-order chi connectivity index (χ1) is 11.1. The van der Waals surface area contributed by atoms with E-state index in [9.17, 15) is 15.0 Å². The number of phenolic OH excluding ortho intramolecular Hbond substituents is 2. The highest BCUT2D eigenvalue weighted by atomic mass is 16.5. The molecule has 2 aromatic carbocycles. The fourth-order valence-corrected chi connectivity index (χ4v) is 3.77. The average Bonchev–Trinajstić information content (AvgIpc) is 2.93. The SMILES string of the molecule is C[C@@H]1CC(=O)c2c(ccc(O)c2[C@H]2OCc3c(O)cccc32)C1. The Balaban J connectivity index is 1.91. The summed E-state index contributed by atoms with van der Waals surface area (Å²) in [5.74, 6) is 0.636. The van der Waals surface area contributed by atoms with E-state index >= 15 is 0 Å². The van der Waals surface area contributed by atoms with Crippen molar-refractivity contribution in [1.29, 1.82) is 0 Å². The van der Waals surface area contributed by atoms with Gasteiger partial charge in [-0.1, -0.05) is 25.1 Å². The number of aromatic hydroxyl groups is 2. The summed E-state index contributed by atoms with van der Waals surface area (Å²) in [5, 5.41) is 20.4. The van der Waals surface area contributed by atoms with Crippen molar-refractivity contribution in [2.75, 3.05) is 0 Å². The molecule has 4 nitrogen and oxygen atoms in total. The molecular weight excluding hydrogens is 292 g/mol. The van der Waals surface area contributed by atoms with Crippen LogP contribution in [0.15, 0.2) is 30.3 Å². The van der Waals surface area contributed by atoms with Crippen molar-refractivity contribution >= 4 is 5.78 Å². The summed E-state index contributed by atoms with van der Waals surface area (Å²) >= 11 is 0. The van der Waals surface area contributed by atoms with E-state index in [4.69, 9.17) is 4.74 Å². The third-order valence-electron chi connectivity index (χ3n) is 4.82. The van der Waals surface area contributed by atoms with E-state index in [-0.39, 0.29) is 23.9 Å². The Hall–Kier alpha value is -2.33. The smallest absolute Gasteiger partial charge is 0.163 e. The molecule has 23 heavy (non-hydrogen) atoms. The van der Waals surface area contributed by atoms with Gasteiger partial charge < -0.3 is 14.9 Å². The molecule has 2 aromatic rings. The normalized spacial score (nSPS) is 22.7. The van der Waals surface area contributed by atoms with Crippen molar-refractivity contribution in [1.82, 2.24) is 0 Å². The zero-order valence-electron chi connectivity index (χ0n) is 12.9. The van der Waals surface area contributed by atoms with Gasteiger partial charge in [0.1, 0.15) is 17.6 Å². The molecular formula is C19H18O4. The highest BCUT2D eigenvalue weighted by Crippen LogP contribution is 2.45. The minimum absolute atomic E-state index is 0.0573. The molecule has 4 heteroatoms. The van der Waals surface area contributed by atoms with Crippen LogP contribution >= 0.6 is 0 Å².